The molecular weight excluding hydrogens is 363 g/mol. The Kier molecular flexibility index (Phi) is 5.50. The van der Waals surface area contributed by atoms with Crippen LogP contribution in [-0.4, -0.2) is 43.8 Å². The summed E-state index contributed by atoms with van der Waals surface area (Å²) in [6.07, 6.45) is 1.86. The Labute approximate surface area is 163 Å². The maximum Gasteiger partial charge on any atom is 0.318 e. The van der Waals surface area contributed by atoms with Gasteiger partial charge >= 0.3 is 6.03 Å². The first-order valence-electron chi connectivity index (χ1n) is 9.53. The lowest BCUT2D eigenvalue weighted by Crippen LogP contribution is -2.41. The van der Waals surface area contributed by atoms with Crippen molar-refractivity contribution in [2.24, 2.45) is 0 Å². The van der Waals surface area contributed by atoms with Crippen LogP contribution in [0.4, 0.5) is 9.18 Å². The lowest BCUT2D eigenvalue weighted by atomic mass is 10.0. The first kappa shape index (κ1) is 18.4. The van der Waals surface area contributed by atoms with Gasteiger partial charge in [0.05, 0.1) is 12.6 Å². The van der Waals surface area contributed by atoms with Gasteiger partial charge in [-0.15, -0.1) is 0 Å². The number of halogens is 1. The molecule has 2 amide bonds. The molecule has 28 heavy (non-hydrogen) atoms. The van der Waals surface area contributed by atoms with Crippen molar-refractivity contribution in [3.05, 3.63) is 53.8 Å². The van der Waals surface area contributed by atoms with Crippen molar-refractivity contribution in [3.8, 4) is 17.2 Å². The quantitative estimate of drug-likeness (QED) is 0.799. The highest BCUT2D eigenvalue weighted by Gasteiger charge is 2.30. The van der Waals surface area contributed by atoms with Crippen LogP contribution in [0.25, 0.3) is 0 Å². The molecule has 2 aromatic rings. The van der Waals surface area contributed by atoms with Gasteiger partial charge < -0.3 is 24.4 Å². The zero-order valence-electron chi connectivity index (χ0n) is 15.5. The van der Waals surface area contributed by atoms with E-state index in [4.69, 9.17) is 14.2 Å². The summed E-state index contributed by atoms with van der Waals surface area (Å²) in [6, 6.07) is 11.7. The molecule has 1 N–H and O–H groups in total. The van der Waals surface area contributed by atoms with Gasteiger partial charge in [-0.05, 0) is 42.7 Å². The number of urea groups is 1. The number of fused-ring (bicyclic) bond motifs is 1. The molecule has 1 saturated heterocycles. The highest BCUT2D eigenvalue weighted by Crippen LogP contribution is 2.38. The van der Waals surface area contributed by atoms with E-state index in [1.165, 1.54) is 12.1 Å². The molecule has 0 radical (unpaired) electrons. The van der Waals surface area contributed by atoms with Crippen LogP contribution in [-0.2, 0) is 0 Å². The maximum atomic E-state index is 13.1. The van der Waals surface area contributed by atoms with Gasteiger partial charge in [0.1, 0.15) is 31.4 Å². The van der Waals surface area contributed by atoms with Gasteiger partial charge in [-0.25, -0.2) is 9.18 Å². The topological polar surface area (TPSA) is 60.0 Å². The van der Waals surface area contributed by atoms with Crippen molar-refractivity contribution < 1.29 is 23.4 Å². The van der Waals surface area contributed by atoms with E-state index < -0.39 is 0 Å². The second kappa shape index (κ2) is 8.37. The summed E-state index contributed by atoms with van der Waals surface area (Å²) in [7, 11) is 0. The Morgan fingerprint density at radius 1 is 1.18 bits per heavy atom. The monoisotopic (exact) mass is 386 g/mol. The Hall–Kier alpha value is -2.96. The third-order valence-corrected chi connectivity index (χ3v) is 4.91. The fraction of sp³-hybridized carbons (Fsp3) is 0.381. The van der Waals surface area contributed by atoms with Crippen molar-refractivity contribution >= 4 is 6.03 Å². The Bertz CT molecular complexity index is 845. The third kappa shape index (κ3) is 4.13. The molecule has 2 aliphatic heterocycles. The molecule has 1 unspecified atom stereocenters. The van der Waals surface area contributed by atoms with Crippen LogP contribution in [0.5, 0.6) is 17.2 Å². The number of likely N-dealkylation sites (tertiary alicyclic amines) is 1. The summed E-state index contributed by atoms with van der Waals surface area (Å²) in [5.74, 6) is 1.59. The fourth-order valence-corrected chi connectivity index (χ4v) is 3.61. The third-order valence-electron chi connectivity index (χ3n) is 4.91. The Morgan fingerprint density at radius 3 is 2.89 bits per heavy atom. The van der Waals surface area contributed by atoms with E-state index in [0.29, 0.717) is 32.1 Å². The zero-order chi connectivity index (χ0) is 19.3. The molecule has 0 aliphatic carbocycles. The summed E-state index contributed by atoms with van der Waals surface area (Å²) in [6.45, 7) is 2.42. The van der Waals surface area contributed by atoms with Crippen LogP contribution in [0.3, 0.4) is 0 Å². The first-order chi connectivity index (χ1) is 13.7. The molecule has 0 bridgehead atoms. The van der Waals surface area contributed by atoms with E-state index >= 15 is 0 Å². The highest BCUT2D eigenvalue weighted by molar-refractivity contribution is 5.75. The maximum absolute atomic E-state index is 13.1. The number of hydrogen-bond acceptors (Lipinski definition) is 4. The van der Waals surface area contributed by atoms with Crippen molar-refractivity contribution in [3.63, 3.8) is 0 Å². The summed E-state index contributed by atoms with van der Waals surface area (Å²) >= 11 is 0. The molecule has 7 heteroatoms. The molecule has 2 aliphatic rings. The molecule has 0 spiro atoms. The summed E-state index contributed by atoms with van der Waals surface area (Å²) in [4.78, 5) is 14.5. The highest BCUT2D eigenvalue weighted by atomic mass is 19.1. The van der Waals surface area contributed by atoms with Gasteiger partial charge in [0.25, 0.3) is 0 Å². The van der Waals surface area contributed by atoms with Gasteiger partial charge in [-0.3, -0.25) is 0 Å². The van der Waals surface area contributed by atoms with Crippen LogP contribution in [0.15, 0.2) is 42.5 Å². The number of nitrogens with one attached hydrogen (secondary N) is 1. The predicted molar refractivity (Wildman–Crippen MR) is 101 cm³/mol. The van der Waals surface area contributed by atoms with Gasteiger partial charge in [0, 0.05) is 12.6 Å². The SMILES string of the molecule is O=C(NCCOc1cccc(F)c1)N1CCCC1c1ccc2c(c1)OCCO2. The summed E-state index contributed by atoms with van der Waals surface area (Å²) in [5, 5.41) is 2.88. The molecular formula is C21H23FN2O4. The number of rotatable bonds is 5. The van der Waals surface area contributed by atoms with E-state index in [0.717, 1.165) is 29.9 Å². The predicted octanol–water partition coefficient (Wildman–Crippen LogP) is 3.52. The number of carbonyl (C=O) groups is 1. The molecule has 6 nitrogen and oxygen atoms in total. The van der Waals surface area contributed by atoms with E-state index in [-0.39, 0.29) is 24.5 Å². The van der Waals surface area contributed by atoms with Gasteiger partial charge in [0.15, 0.2) is 11.5 Å². The normalized spacial score (nSPS) is 18.0. The molecule has 1 atom stereocenters. The van der Waals surface area contributed by atoms with Crippen LogP contribution in [0.2, 0.25) is 0 Å². The van der Waals surface area contributed by atoms with E-state index in [9.17, 15) is 9.18 Å². The average Bonchev–Trinajstić information content (AvgIpc) is 3.21. The fourth-order valence-electron chi connectivity index (χ4n) is 3.61. The number of benzene rings is 2. The molecule has 0 aromatic heterocycles. The van der Waals surface area contributed by atoms with Crippen molar-refractivity contribution in [2.75, 3.05) is 32.9 Å². The van der Waals surface area contributed by atoms with Crippen molar-refractivity contribution in [2.45, 2.75) is 18.9 Å². The lowest BCUT2D eigenvalue weighted by Gasteiger charge is -2.27. The van der Waals surface area contributed by atoms with Crippen LogP contribution >= 0.6 is 0 Å². The van der Waals surface area contributed by atoms with Crippen LogP contribution < -0.4 is 19.5 Å². The van der Waals surface area contributed by atoms with Crippen LogP contribution in [0.1, 0.15) is 24.4 Å². The summed E-state index contributed by atoms with van der Waals surface area (Å²) in [5.41, 5.74) is 1.05. The van der Waals surface area contributed by atoms with E-state index in [1.54, 1.807) is 12.1 Å². The van der Waals surface area contributed by atoms with Crippen molar-refractivity contribution in [1.29, 1.82) is 0 Å². The van der Waals surface area contributed by atoms with Gasteiger partial charge in [0.2, 0.25) is 0 Å². The molecule has 2 heterocycles. The largest absolute Gasteiger partial charge is 0.492 e. The molecule has 0 saturated carbocycles. The Balaban J connectivity index is 1.32. The molecule has 4 rings (SSSR count). The number of hydrogen-bond donors (Lipinski definition) is 1. The first-order valence-corrected chi connectivity index (χ1v) is 9.53. The number of amides is 2. The second-order valence-electron chi connectivity index (χ2n) is 6.79. The number of carbonyl (C=O) groups excluding carboxylic acids is 1. The minimum absolute atomic E-state index is 0.0139. The molecule has 148 valence electrons. The molecule has 2 aromatic carbocycles. The number of nitrogens with zero attached hydrogens (tertiary/aromatic N) is 1. The summed E-state index contributed by atoms with van der Waals surface area (Å²) < 4.78 is 29.8. The molecule has 1 fully saturated rings. The van der Waals surface area contributed by atoms with Crippen molar-refractivity contribution in [1.82, 2.24) is 10.2 Å². The van der Waals surface area contributed by atoms with E-state index in [1.807, 2.05) is 23.1 Å². The minimum Gasteiger partial charge on any atom is -0.492 e. The average molecular weight is 386 g/mol. The lowest BCUT2D eigenvalue weighted by molar-refractivity contribution is 0.170. The standard InChI is InChI=1S/C21H23FN2O4/c22-16-3-1-4-17(14-16)26-10-8-23-21(25)24-9-2-5-18(24)15-6-7-19-20(13-15)28-12-11-27-19/h1,3-4,6-7,13-14,18H,2,5,8-12H2,(H,23,25). The second-order valence-corrected chi connectivity index (χ2v) is 6.79. The van der Waals surface area contributed by atoms with E-state index in [2.05, 4.69) is 5.32 Å². The smallest absolute Gasteiger partial charge is 0.318 e. The Morgan fingerprint density at radius 2 is 2.04 bits per heavy atom. The zero-order valence-corrected chi connectivity index (χ0v) is 15.5. The van der Waals surface area contributed by atoms with Gasteiger partial charge in [-0.1, -0.05) is 12.1 Å². The van der Waals surface area contributed by atoms with Gasteiger partial charge in [-0.2, -0.15) is 0 Å². The number of ether oxygens (including phenoxy) is 3. The van der Waals surface area contributed by atoms with Crippen LogP contribution in [0, 0.1) is 5.82 Å². The minimum atomic E-state index is -0.346.